The summed E-state index contributed by atoms with van der Waals surface area (Å²) in [5.74, 6) is 0. The van der Waals surface area contributed by atoms with Crippen LogP contribution >= 0.6 is 23.8 Å². The molecule has 2 rings (SSSR count). The van der Waals surface area contributed by atoms with Crippen molar-refractivity contribution in [3.8, 4) is 0 Å². The molecule has 3 nitrogen and oxygen atoms in total. The summed E-state index contributed by atoms with van der Waals surface area (Å²) < 4.78 is 0. The summed E-state index contributed by atoms with van der Waals surface area (Å²) in [6, 6.07) is 15.6. The smallest absolute Gasteiger partial charge is 0.105 e. The van der Waals surface area contributed by atoms with Gasteiger partial charge in [0, 0.05) is 24.3 Å². The lowest BCUT2D eigenvalue weighted by atomic mass is 10.1. The van der Waals surface area contributed by atoms with Crippen molar-refractivity contribution in [1.82, 2.24) is 0 Å². The number of halogens is 1. The lowest BCUT2D eigenvalue weighted by Crippen LogP contribution is -2.26. The molecule has 5 heteroatoms. The molecule has 0 aliphatic heterocycles. The van der Waals surface area contributed by atoms with Gasteiger partial charge in [0.1, 0.15) is 4.99 Å². The molecule has 2 aromatic rings. The van der Waals surface area contributed by atoms with E-state index in [-0.39, 0.29) is 11.6 Å². The van der Waals surface area contributed by atoms with E-state index < -0.39 is 0 Å². The average Bonchev–Trinajstić information content (AvgIpc) is 2.47. The van der Waals surface area contributed by atoms with E-state index in [9.17, 15) is 5.11 Å². The zero-order valence-corrected chi connectivity index (χ0v) is 13.1. The summed E-state index contributed by atoms with van der Waals surface area (Å²) in [6.07, 6.45) is 0. The Morgan fingerprint density at radius 2 is 1.90 bits per heavy atom. The van der Waals surface area contributed by atoms with Gasteiger partial charge in [0.05, 0.1) is 11.6 Å². The average molecular weight is 321 g/mol. The van der Waals surface area contributed by atoms with E-state index in [1.807, 2.05) is 36.4 Å². The summed E-state index contributed by atoms with van der Waals surface area (Å²) >= 11 is 11.2. The second-order valence-corrected chi connectivity index (χ2v) is 5.51. The van der Waals surface area contributed by atoms with Crippen molar-refractivity contribution in [1.29, 1.82) is 0 Å². The number of hydrogen-bond acceptors (Lipinski definition) is 3. The number of nitrogens with two attached hydrogens (primary N) is 1. The van der Waals surface area contributed by atoms with E-state index in [2.05, 4.69) is 17.0 Å². The fourth-order valence-corrected chi connectivity index (χ4v) is 2.64. The van der Waals surface area contributed by atoms with E-state index in [1.165, 1.54) is 5.56 Å². The van der Waals surface area contributed by atoms with Gasteiger partial charge in [-0.05, 0) is 23.8 Å². The monoisotopic (exact) mass is 320 g/mol. The first-order chi connectivity index (χ1) is 10.1. The van der Waals surface area contributed by atoms with Crippen molar-refractivity contribution in [2.24, 2.45) is 5.73 Å². The SMILES string of the molecule is NC(=S)c1ccc(N(CCO)Cc2ccccc2)cc1Cl. The highest BCUT2D eigenvalue weighted by atomic mass is 35.5. The predicted molar refractivity (Wildman–Crippen MR) is 91.9 cm³/mol. The van der Waals surface area contributed by atoms with E-state index >= 15 is 0 Å². The Balaban J connectivity index is 2.26. The van der Waals surface area contributed by atoms with Gasteiger partial charge in [-0.1, -0.05) is 54.2 Å². The number of nitrogens with zero attached hydrogens (tertiary/aromatic N) is 1. The molecule has 0 radical (unpaired) electrons. The topological polar surface area (TPSA) is 49.5 Å². The van der Waals surface area contributed by atoms with Crippen molar-refractivity contribution in [3.05, 3.63) is 64.7 Å². The number of rotatable bonds is 6. The van der Waals surface area contributed by atoms with Crippen LogP contribution in [0.2, 0.25) is 5.02 Å². The molecule has 0 unspecified atom stereocenters. The maximum absolute atomic E-state index is 9.27. The second-order valence-electron chi connectivity index (χ2n) is 4.66. The third kappa shape index (κ3) is 4.17. The molecule has 3 N–H and O–H groups in total. The Bertz CT molecular complexity index is 619. The van der Waals surface area contributed by atoms with Crippen LogP contribution in [0.4, 0.5) is 5.69 Å². The van der Waals surface area contributed by atoms with Crippen LogP contribution in [0.25, 0.3) is 0 Å². The lowest BCUT2D eigenvalue weighted by molar-refractivity contribution is 0.301. The third-order valence-electron chi connectivity index (χ3n) is 3.17. The molecule has 0 saturated heterocycles. The highest BCUT2D eigenvalue weighted by molar-refractivity contribution is 7.80. The molecular formula is C16H17ClN2OS. The second kappa shape index (κ2) is 7.41. The van der Waals surface area contributed by atoms with Gasteiger partial charge >= 0.3 is 0 Å². The third-order valence-corrected chi connectivity index (χ3v) is 3.70. The number of thiocarbonyl (C=S) groups is 1. The first-order valence-corrected chi connectivity index (χ1v) is 7.39. The Hall–Kier alpha value is -1.62. The zero-order chi connectivity index (χ0) is 15.2. The van der Waals surface area contributed by atoms with E-state index in [4.69, 9.17) is 29.6 Å². The largest absolute Gasteiger partial charge is 0.395 e. The molecule has 0 amide bonds. The summed E-state index contributed by atoms with van der Waals surface area (Å²) in [5, 5.41) is 9.80. The number of anilines is 1. The van der Waals surface area contributed by atoms with Gasteiger partial charge in [-0.15, -0.1) is 0 Å². The molecule has 110 valence electrons. The number of benzene rings is 2. The Morgan fingerprint density at radius 1 is 1.19 bits per heavy atom. The maximum Gasteiger partial charge on any atom is 0.105 e. The van der Waals surface area contributed by atoms with Gasteiger partial charge in [0.25, 0.3) is 0 Å². The first kappa shape index (κ1) is 15.8. The fourth-order valence-electron chi connectivity index (χ4n) is 2.12. The standard InChI is InChI=1S/C16H17ClN2OS/c17-15-10-13(6-7-14(15)16(18)21)19(8-9-20)11-12-4-2-1-3-5-12/h1-7,10,20H,8-9,11H2,(H2,18,21). The van der Waals surface area contributed by atoms with Crippen LogP contribution in [-0.4, -0.2) is 23.2 Å². The van der Waals surface area contributed by atoms with Gasteiger partial charge in [-0.3, -0.25) is 0 Å². The predicted octanol–water partition coefficient (Wildman–Crippen LogP) is 2.97. The lowest BCUT2D eigenvalue weighted by Gasteiger charge is -2.24. The van der Waals surface area contributed by atoms with Gasteiger partial charge in [0.2, 0.25) is 0 Å². The van der Waals surface area contributed by atoms with Crippen molar-refractivity contribution in [2.75, 3.05) is 18.1 Å². The molecular weight excluding hydrogens is 304 g/mol. The summed E-state index contributed by atoms with van der Waals surface area (Å²) in [4.78, 5) is 2.34. The minimum atomic E-state index is 0.0709. The van der Waals surface area contributed by atoms with E-state index in [0.717, 1.165) is 5.69 Å². The number of hydrogen-bond donors (Lipinski definition) is 2. The molecule has 0 atom stereocenters. The van der Waals surface area contributed by atoms with Gasteiger partial charge in [-0.25, -0.2) is 0 Å². The van der Waals surface area contributed by atoms with Crippen molar-refractivity contribution < 1.29 is 5.11 Å². The molecule has 0 spiro atoms. The van der Waals surface area contributed by atoms with Gasteiger partial charge in [0.15, 0.2) is 0 Å². The van der Waals surface area contributed by atoms with Crippen LogP contribution < -0.4 is 10.6 Å². The van der Waals surface area contributed by atoms with Crippen LogP contribution in [0.1, 0.15) is 11.1 Å². The number of aliphatic hydroxyl groups excluding tert-OH is 1. The minimum Gasteiger partial charge on any atom is -0.395 e. The van der Waals surface area contributed by atoms with Crippen LogP contribution in [-0.2, 0) is 6.54 Å². The molecule has 0 fully saturated rings. The Kier molecular flexibility index (Phi) is 5.56. The quantitative estimate of drug-likeness (QED) is 0.803. The summed E-state index contributed by atoms with van der Waals surface area (Å²) in [6.45, 7) is 1.29. The van der Waals surface area contributed by atoms with Crippen molar-refractivity contribution in [3.63, 3.8) is 0 Å². The van der Waals surface area contributed by atoms with E-state index in [0.29, 0.717) is 23.7 Å². The first-order valence-electron chi connectivity index (χ1n) is 6.61. The highest BCUT2D eigenvalue weighted by Crippen LogP contribution is 2.25. The van der Waals surface area contributed by atoms with Gasteiger partial charge in [-0.2, -0.15) is 0 Å². The van der Waals surface area contributed by atoms with Crippen LogP contribution in [0.15, 0.2) is 48.5 Å². The van der Waals surface area contributed by atoms with Crippen LogP contribution in [0.5, 0.6) is 0 Å². The molecule has 0 saturated carbocycles. The molecule has 0 aliphatic rings. The Morgan fingerprint density at radius 3 is 2.48 bits per heavy atom. The minimum absolute atomic E-state index is 0.0709. The molecule has 21 heavy (non-hydrogen) atoms. The normalized spacial score (nSPS) is 10.4. The maximum atomic E-state index is 9.27. The molecule has 0 aliphatic carbocycles. The highest BCUT2D eigenvalue weighted by Gasteiger charge is 2.10. The summed E-state index contributed by atoms with van der Waals surface area (Å²) in [7, 11) is 0. The number of aliphatic hydroxyl groups is 1. The van der Waals surface area contributed by atoms with Gasteiger partial charge < -0.3 is 15.7 Å². The van der Waals surface area contributed by atoms with Crippen LogP contribution in [0, 0.1) is 0 Å². The zero-order valence-electron chi connectivity index (χ0n) is 11.5. The molecule has 0 heterocycles. The fraction of sp³-hybridized carbons (Fsp3) is 0.188. The van der Waals surface area contributed by atoms with Crippen molar-refractivity contribution in [2.45, 2.75) is 6.54 Å². The molecule has 0 bridgehead atoms. The summed E-state index contributed by atoms with van der Waals surface area (Å²) in [5.41, 5.74) is 8.38. The molecule has 2 aromatic carbocycles. The van der Waals surface area contributed by atoms with Crippen LogP contribution in [0.3, 0.4) is 0 Å². The Labute approximate surface area is 135 Å². The van der Waals surface area contributed by atoms with Crippen molar-refractivity contribution >= 4 is 34.5 Å². The van der Waals surface area contributed by atoms with E-state index in [1.54, 1.807) is 0 Å². The molecule has 0 aromatic heterocycles.